The number of nitrogen functional groups attached to an aromatic ring is 1. The maximum absolute atomic E-state index is 9.27. The van der Waals surface area contributed by atoms with Gasteiger partial charge >= 0.3 is 0 Å². The Morgan fingerprint density at radius 3 is 3.00 bits per heavy atom. The minimum absolute atomic E-state index is 0.0201. The van der Waals surface area contributed by atoms with Gasteiger partial charge < -0.3 is 15.6 Å². The van der Waals surface area contributed by atoms with E-state index in [9.17, 15) is 5.11 Å². The number of piperidine rings is 1. The molecule has 1 aromatic rings. The molecule has 0 saturated carbocycles. The molecule has 2 rings (SSSR count). The predicted octanol–water partition coefficient (Wildman–Crippen LogP) is 1.18. The first kappa shape index (κ1) is 14.8. The van der Waals surface area contributed by atoms with Crippen LogP contribution in [0.4, 0.5) is 0 Å². The van der Waals surface area contributed by atoms with E-state index in [2.05, 4.69) is 4.90 Å². The summed E-state index contributed by atoms with van der Waals surface area (Å²) in [6, 6.07) is 5.77. The van der Waals surface area contributed by atoms with Gasteiger partial charge in [0.2, 0.25) is 0 Å². The molecule has 1 fully saturated rings. The number of amidine groups is 1. The molecule has 20 heavy (non-hydrogen) atoms. The number of aliphatic hydroxyl groups excluding tert-OH is 1. The lowest BCUT2D eigenvalue weighted by Gasteiger charge is -2.31. The number of rotatable bonds is 5. The fraction of sp³-hybridized carbons (Fsp3) is 0.533. The number of aliphatic hydroxyl groups is 1. The zero-order valence-corrected chi connectivity index (χ0v) is 11.9. The second kappa shape index (κ2) is 6.72. The van der Waals surface area contributed by atoms with Gasteiger partial charge in [-0.25, -0.2) is 0 Å². The van der Waals surface area contributed by atoms with Crippen molar-refractivity contribution in [3.05, 3.63) is 29.3 Å². The minimum atomic E-state index is 0.0201. The van der Waals surface area contributed by atoms with Gasteiger partial charge in [0.25, 0.3) is 0 Å². The lowest BCUT2D eigenvalue weighted by molar-refractivity contribution is 0.116. The van der Waals surface area contributed by atoms with E-state index in [0.29, 0.717) is 17.2 Å². The van der Waals surface area contributed by atoms with Gasteiger partial charge in [-0.3, -0.25) is 10.3 Å². The first-order valence-corrected chi connectivity index (χ1v) is 6.98. The Labute approximate surface area is 119 Å². The molecule has 0 radical (unpaired) electrons. The average Bonchev–Trinajstić information content (AvgIpc) is 2.47. The molecular formula is C15H23N3O2. The van der Waals surface area contributed by atoms with Crippen molar-refractivity contribution in [1.29, 1.82) is 5.41 Å². The number of hydrogen-bond acceptors (Lipinski definition) is 4. The molecule has 0 aromatic heterocycles. The fourth-order valence-electron chi connectivity index (χ4n) is 2.76. The number of benzene rings is 1. The van der Waals surface area contributed by atoms with E-state index in [-0.39, 0.29) is 12.4 Å². The average molecular weight is 277 g/mol. The molecular weight excluding hydrogens is 254 g/mol. The molecule has 5 heteroatoms. The number of nitrogens with one attached hydrogen (secondary N) is 1. The van der Waals surface area contributed by atoms with E-state index in [0.717, 1.165) is 38.0 Å². The van der Waals surface area contributed by atoms with E-state index in [1.807, 2.05) is 18.2 Å². The van der Waals surface area contributed by atoms with Gasteiger partial charge in [0.05, 0.1) is 12.7 Å². The van der Waals surface area contributed by atoms with E-state index in [4.69, 9.17) is 15.9 Å². The molecule has 1 unspecified atom stereocenters. The lowest BCUT2D eigenvalue weighted by atomic mass is 9.98. The molecule has 0 bridgehead atoms. The Morgan fingerprint density at radius 1 is 1.55 bits per heavy atom. The van der Waals surface area contributed by atoms with Gasteiger partial charge in [-0.15, -0.1) is 0 Å². The SMILES string of the molecule is COc1cc(CN2CCCC(CO)C2)ccc1C(=N)N. The summed E-state index contributed by atoms with van der Waals surface area (Å²) in [4.78, 5) is 2.35. The third kappa shape index (κ3) is 3.49. The van der Waals surface area contributed by atoms with Crippen molar-refractivity contribution in [2.75, 3.05) is 26.8 Å². The van der Waals surface area contributed by atoms with E-state index >= 15 is 0 Å². The first-order chi connectivity index (χ1) is 9.63. The van der Waals surface area contributed by atoms with Crippen LogP contribution in [0, 0.1) is 11.3 Å². The molecule has 5 nitrogen and oxygen atoms in total. The monoisotopic (exact) mass is 277 g/mol. The molecule has 1 atom stereocenters. The van der Waals surface area contributed by atoms with Crippen LogP contribution in [0.2, 0.25) is 0 Å². The van der Waals surface area contributed by atoms with Crippen LogP contribution < -0.4 is 10.5 Å². The number of ether oxygens (including phenoxy) is 1. The molecule has 1 aliphatic heterocycles. The molecule has 0 amide bonds. The van der Waals surface area contributed by atoms with Gasteiger partial charge in [-0.05, 0) is 43.0 Å². The van der Waals surface area contributed by atoms with E-state index in [1.165, 1.54) is 0 Å². The summed E-state index contributed by atoms with van der Waals surface area (Å²) in [6.45, 7) is 3.11. The normalized spacial score (nSPS) is 19.8. The summed E-state index contributed by atoms with van der Waals surface area (Å²) >= 11 is 0. The van der Waals surface area contributed by atoms with Crippen molar-refractivity contribution in [1.82, 2.24) is 4.90 Å². The number of nitrogens with zero attached hydrogens (tertiary/aromatic N) is 1. The van der Waals surface area contributed by atoms with Crippen LogP contribution in [0.1, 0.15) is 24.0 Å². The Morgan fingerprint density at radius 2 is 2.35 bits per heavy atom. The third-order valence-electron chi connectivity index (χ3n) is 3.82. The van der Waals surface area contributed by atoms with Crippen molar-refractivity contribution in [3.63, 3.8) is 0 Å². The Hall–Kier alpha value is -1.59. The highest BCUT2D eigenvalue weighted by molar-refractivity contribution is 5.97. The quantitative estimate of drug-likeness (QED) is 0.557. The Balaban J connectivity index is 2.07. The molecule has 1 aromatic carbocycles. The highest BCUT2D eigenvalue weighted by Crippen LogP contribution is 2.23. The smallest absolute Gasteiger partial charge is 0.130 e. The zero-order chi connectivity index (χ0) is 14.5. The van der Waals surface area contributed by atoms with Crippen molar-refractivity contribution < 1.29 is 9.84 Å². The van der Waals surface area contributed by atoms with Gasteiger partial charge in [0.15, 0.2) is 0 Å². The highest BCUT2D eigenvalue weighted by Gasteiger charge is 2.19. The third-order valence-corrected chi connectivity index (χ3v) is 3.82. The van der Waals surface area contributed by atoms with Crippen LogP contribution in [0.15, 0.2) is 18.2 Å². The highest BCUT2D eigenvalue weighted by atomic mass is 16.5. The molecule has 1 saturated heterocycles. The van der Waals surface area contributed by atoms with Crippen molar-refractivity contribution >= 4 is 5.84 Å². The summed E-state index contributed by atoms with van der Waals surface area (Å²) in [7, 11) is 1.59. The molecule has 0 aliphatic carbocycles. The molecule has 110 valence electrons. The van der Waals surface area contributed by atoms with Crippen molar-refractivity contribution in [2.45, 2.75) is 19.4 Å². The molecule has 4 N–H and O–H groups in total. The van der Waals surface area contributed by atoms with Crippen LogP contribution in [0.3, 0.4) is 0 Å². The minimum Gasteiger partial charge on any atom is -0.496 e. The summed E-state index contributed by atoms with van der Waals surface area (Å²) < 4.78 is 5.30. The Bertz CT molecular complexity index is 476. The summed E-state index contributed by atoms with van der Waals surface area (Å²) in [6.07, 6.45) is 2.24. The van der Waals surface area contributed by atoms with Crippen LogP contribution in [-0.2, 0) is 6.54 Å². The van der Waals surface area contributed by atoms with Crippen molar-refractivity contribution in [2.24, 2.45) is 11.7 Å². The molecule has 1 heterocycles. The standard InChI is InChI=1S/C15H23N3O2/c1-20-14-7-11(4-5-13(14)15(16)17)8-18-6-2-3-12(9-18)10-19/h4-5,7,12,19H,2-3,6,8-10H2,1H3,(H3,16,17). The van der Waals surface area contributed by atoms with Crippen LogP contribution in [0.25, 0.3) is 0 Å². The van der Waals surface area contributed by atoms with Gasteiger partial charge in [0.1, 0.15) is 11.6 Å². The van der Waals surface area contributed by atoms with E-state index < -0.39 is 0 Å². The fourth-order valence-corrected chi connectivity index (χ4v) is 2.76. The van der Waals surface area contributed by atoms with Gasteiger partial charge in [-0.2, -0.15) is 0 Å². The van der Waals surface area contributed by atoms with Crippen LogP contribution in [-0.4, -0.2) is 42.6 Å². The molecule has 0 spiro atoms. The second-order valence-electron chi connectivity index (χ2n) is 5.37. The summed E-state index contributed by atoms with van der Waals surface area (Å²) in [5.74, 6) is 1.06. The maximum Gasteiger partial charge on any atom is 0.130 e. The van der Waals surface area contributed by atoms with Crippen LogP contribution >= 0.6 is 0 Å². The number of nitrogens with two attached hydrogens (primary N) is 1. The second-order valence-corrected chi connectivity index (χ2v) is 5.37. The van der Waals surface area contributed by atoms with E-state index in [1.54, 1.807) is 7.11 Å². The summed E-state index contributed by atoms with van der Waals surface area (Å²) in [5, 5.41) is 16.8. The first-order valence-electron chi connectivity index (χ1n) is 6.98. The van der Waals surface area contributed by atoms with Crippen LogP contribution in [0.5, 0.6) is 5.75 Å². The number of likely N-dealkylation sites (tertiary alicyclic amines) is 1. The number of methoxy groups -OCH3 is 1. The Kier molecular flexibility index (Phi) is 4.98. The van der Waals surface area contributed by atoms with Gasteiger partial charge in [-0.1, -0.05) is 6.07 Å². The van der Waals surface area contributed by atoms with Gasteiger partial charge in [0, 0.05) is 19.7 Å². The number of hydrogen-bond donors (Lipinski definition) is 3. The molecule has 1 aliphatic rings. The lowest BCUT2D eigenvalue weighted by Crippen LogP contribution is -2.36. The maximum atomic E-state index is 9.27. The van der Waals surface area contributed by atoms with Crippen molar-refractivity contribution in [3.8, 4) is 5.75 Å². The topological polar surface area (TPSA) is 82.6 Å². The largest absolute Gasteiger partial charge is 0.496 e. The predicted molar refractivity (Wildman–Crippen MR) is 79.1 cm³/mol. The summed E-state index contributed by atoms with van der Waals surface area (Å²) in [5.41, 5.74) is 7.30. The zero-order valence-electron chi connectivity index (χ0n) is 11.9.